The van der Waals surface area contributed by atoms with Crippen LogP contribution >= 0.6 is 23.2 Å². The molecule has 0 radical (unpaired) electrons. The molecular weight excluding hydrogens is 307 g/mol. The molecule has 5 heteroatoms. The zero-order valence-electron chi connectivity index (χ0n) is 12.4. The average Bonchev–Trinajstić information content (AvgIpc) is 2.45. The molecule has 0 spiro atoms. The minimum Gasteiger partial charge on any atom is -0.353 e. The Balaban J connectivity index is 1.83. The fourth-order valence-corrected chi connectivity index (χ4v) is 3.29. The van der Waals surface area contributed by atoms with E-state index in [1.54, 1.807) is 18.2 Å². The maximum absolute atomic E-state index is 12.2. The van der Waals surface area contributed by atoms with Gasteiger partial charge >= 0.3 is 0 Å². The van der Waals surface area contributed by atoms with Gasteiger partial charge in [0, 0.05) is 29.2 Å². The highest BCUT2D eigenvalue weighted by molar-refractivity contribution is 6.36. The molecule has 1 heterocycles. The minimum absolute atomic E-state index is 0.000980. The number of amides is 1. The molecule has 1 aromatic rings. The van der Waals surface area contributed by atoms with Crippen LogP contribution in [0.2, 0.25) is 10.0 Å². The zero-order chi connectivity index (χ0) is 15.2. The van der Waals surface area contributed by atoms with Crippen LogP contribution in [-0.4, -0.2) is 36.5 Å². The smallest absolute Gasteiger partial charge is 0.224 e. The monoisotopic (exact) mass is 328 g/mol. The second-order valence-corrected chi connectivity index (χ2v) is 6.37. The number of hydrogen-bond donors (Lipinski definition) is 1. The molecule has 116 valence electrons. The first-order valence-corrected chi connectivity index (χ1v) is 8.30. The lowest BCUT2D eigenvalue weighted by Crippen LogP contribution is -2.45. The molecule has 1 aliphatic rings. The van der Waals surface area contributed by atoms with E-state index in [-0.39, 0.29) is 18.4 Å². The fourth-order valence-electron chi connectivity index (χ4n) is 2.76. The molecule has 1 fully saturated rings. The Hall–Kier alpha value is -0.770. The summed E-state index contributed by atoms with van der Waals surface area (Å²) < 4.78 is 0. The number of carbonyl (C=O) groups excluding carboxylic acids is 1. The molecule has 0 aromatic heterocycles. The highest BCUT2D eigenvalue weighted by atomic mass is 35.5. The van der Waals surface area contributed by atoms with E-state index >= 15 is 0 Å². The van der Waals surface area contributed by atoms with Gasteiger partial charge in [0.25, 0.3) is 0 Å². The minimum atomic E-state index is -0.000980. The predicted octanol–water partition coefficient (Wildman–Crippen LogP) is 3.53. The Labute approximate surface area is 136 Å². The van der Waals surface area contributed by atoms with Gasteiger partial charge in [-0.15, -0.1) is 0 Å². The molecule has 1 saturated heterocycles. The summed E-state index contributed by atoms with van der Waals surface area (Å²) in [5, 5.41) is 4.20. The van der Waals surface area contributed by atoms with Crippen LogP contribution < -0.4 is 5.32 Å². The number of rotatable bonds is 5. The van der Waals surface area contributed by atoms with Crippen molar-refractivity contribution in [3.05, 3.63) is 33.8 Å². The first-order valence-electron chi connectivity index (χ1n) is 7.54. The van der Waals surface area contributed by atoms with Crippen LogP contribution in [0, 0.1) is 0 Å². The Kier molecular flexibility index (Phi) is 6.34. The molecule has 0 unspecified atom stereocenters. The van der Waals surface area contributed by atoms with Gasteiger partial charge in [-0.25, -0.2) is 0 Å². The summed E-state index contributed by atoms with van der Waals surface area (Å²) in [4.78, 5) is 14.6. The van der Waals surface area contributed by atoms with E-state index in [9.17, 15) is 4.79 Å². The van der Waals surface area contributed by atoms with E-state index < -0.39 is 0 Å². The number of carbonyl (C=O) groups is 1. The second kappa shape index (κ2) is 8.02. The fraction of sp³-hybridized carbons (Fsp3) is 0.562. The summed E-state index contributed by atoms with van der Waals surface area (Å²) in [5.41, 5.74) is 0.710. The molecular formula is C16H22Cl2N2O. The Morgan fingerprint density at radius 2 is 1.90 bits per heavy atom. The van der Waals surface area contributed by atoms with E-state index in [4.69, 9.17) is 23.2 Å². The van der Waals surface area contributed by atoms with Gasteiger partial charge in [-0.05, 0) is 43.5 Å². The van der Waals surface area contributed by atoms with Crippen molar-refractivity contribution in [1.82, 2.24) is 10.2 Å². The van der Waals surface area contributed by atoms with Gasteiger partial charge in [0.2, 0.25) is 5.91 Å². The molecule has 1 aromatic carbocycles. The predicted molar refractivity (Wildman–Crippen MR) is 88.1 cm³/mol. The Morgan fingerprint density at radius 1 is 1.29 bits per heavy atom. The lowest BCUT2D eigenvalue weighted by Gasteiger charge is -2.32. The summed E-state index contributed by atoms with van der Waals surface area (Å²) in [6.45, 7) is 5.47. The third-order valence-corrected chi connectivity index (χ3v) is 4.60. The van der Waals surface area contributed by atoms with Crippen LogP contribution in [0.25, 0.3) is 0 Å². The summed E-state index contributed by atoms with van der Waals surface area (Å²) in [6, 6.07) is 5.58. The zero-order valence-corrected chi connectivity index (χ0v) is 13.9. The Morgan fingerprint density at radius 3 is 2.48 bits per heavy atom. The quantitative estimate of drug-likeness (QED) is 0.896. The van der Waals surface area contributed by atoms with Crippen LogP contribution in [0.3, 0.4) is 0 Å². The van der Waals surface area contributed by atoms with Crippen molar-refractivity contribution in [2.45, 2.75) is 38.6 Å². The molecule has 0 aliphatic carbocycles. The third-order valence-electron chi connectivity index (χ3n) is 3.89. The number of halogens is 2. The van der Waals surface area contributed by atoms with Crippen molar-refractivity contribution in [3.63, 3.8) is 0 Å². The van der Waals surface area contributed by atoms with Gasteiger partial charge in [-0.2, -0.15) is 0 Å². The molecule has 1 amide bonds. The molecule has 21 heavy (non-hydrogen) atoms. The van der Waals surface area contributed by atoms with Crippen molar-refractivity contribution in [3.8, 4) is 0 Å². The maximum Gasteiger partial charge on any atom is 0.224 e. The van der Waals surface area contributed by atoms with Crippen LogP contribution in [0.15, 0.2) is 18.2 Å². The second-order valence-electron chi connectivity index (χ2n) is 5.56. The highest BCUT2D eigenvalue weighted by Crippen LogP contribution is 2.24. The van der Waals surface area contributed by atoms with E-state index in [0.717, 1.165) is 32.5 Å². The lowest BCUT2D eigenvalue weighted by molar-refractivity contribution is -0.121. The highest BCUT2D eigenvalue weighted by Gasteiger charge is 2.20. The Bertz CT molecular complexity index is 465. The molecule has 3 nitrogen and oxygen atoms in total. The lowest BCUT2D eigenvalue weighted by atomic mass is 10.0. The molecule has 0 atom stereocenters. The van der Waals surface area contributed by atoms with Crippen LogP contribution in [0.1, 0.15) is 31.7 Å². The number of piperidine rings is 1. The summed E-state index contributed by atoms with van der Waals surface area (Å²) in [7, 11) is 0. The van der Waals surface area contributed by atoms with Crippen molar-refractivity contribution in [1.29, 1.82) is 0 Å². The molecule has 1 aliphatic heterocycles. The number of benzene rings is 1. The van der Waals surface area contributed by atoms with Gasteiger partial charge in [0.15, 0.2) is 0 Å². The molecule has 0 bridgehead atoms. The number of hydrogen-bond acceptors (Lipinski definition) is 2. The molecule has 1 N–H and O–H groups in total. The van der Waals surface area contributed by atoms with Crippen molar-refractivity contribution >= 4 is 29.1 Å². The van der Waals surface area contributed by atoms with Crippen molar-refractivity contribution in [2.24, 2.45) is 0 Å². The normalized spacial score (nSPS) is 16.9. The maximum atomic E-state index is 12.2. The van der Waals surface area contributed by atoms with Gasteiger partial charge in [-0.3, -0.25) is 4.79 Å². The van der Waals surface area contributed by atoms with Gasteiger partial charge < -0.3 is 10.2 Å². The number of likely N-dealkylation sites (tertiary alicyclic amines) is 1. The standard InChI is InChI=1S/C16H22Cl2N2O/c1-2-8-20-9-6-12(7-10-20)19-16(21)11-13-14(17)4-3-5-15(13)18/h3-5,12H,2,6-11H2,1H3,(H,19,21). The average molecular weight is 329 g/mol. The first kappa shape index (κ1) is 16.6. The van der Waals surface area contributed by atoms with Crippen molar-refractivity contribution in [2.75, 3.05) is 19.6 Å². The topological polar surface area (TPSA) is 32.3 Å². The van der Waals surface area contributed by atoms with Gasteiger partial charge in [0.1, 0.15) is 0 Å². The van der Waals surface area contributed by atoms with Crippen molar-refractivity contribution < 1.29 is 4.79 Å². The third kappa shape index (κ3) is 4.87. The number of nitrogens with one attached hydrogen (secondary N) is 1. The SMILES string of the molecule is CCCN1CCC(NC(=O)Cc2c(Cl)cccc2Cl)CC1. The van der Waals surface area contributed by atoms with Gasteiger partial charge in [-0.1, -0.05) is 36.2 Å². The van der Waals surface area contributed by atoms with Crippen LogP contribution in [0.4, 0.5) is 0 Å². The number of nitrogens with zero attached hydrogens (tertiary/aromatic N) is 1. The first-order chi connectivity index (χ1) is 10.1. The largest absolute Gasteiger partial charge is 0.353 e. The van der Waals surface area contributed by atoms with E-state index in [1.807, 2.05) is 0 Å². The van der Waals surface area contributed by atoms with Crippen LogP contribution in [0.5, 0.6) is 0 Å². The summed E-state index contributed by atoms with van der Waals surface area (Å²) >= 11 is 12.2. The van der Waals surface area contributed by atoms with Crippen LogP contribution in [-0.2, 0) is 11.2 Å². The van der Waals surface area contributed by atoms with E-state index in [2.05, 4.69) is 17.1 Å². The van der Waals surface area contributed by atoms with Gasteiger partial charge in [0.05, 0.1) is 6.42 Å². The van der Waals surface area contributed by atoms with E-state index in [1.165, 1.54) is 6.42 Å². The molecule has 2 rings (SSSR count). The summed E-state index contributed by atoms with van der Waals surface area (Å²) in [6.07, 6.45) is 3.46. The van der Waals surface area contributed by atoms with E-state index in [0.29, 0.717) is 15.6 Å². The summed E-state index contributed by atoms with van der Waals surface area (Å²) in [5.74, 6) is -0.000980. The molecule has 0 saturated carbocycles.